The average Bonchev–Trinajstić information content (AvgIpc) is 3.05. The van der Waals surface area contributed by atoms with Crippen molar-refractivity contribution in [1.29, 1.82) is 0 Å². The lowest BCUT2D eigenvalue weighted by Crippen LogP contribution is -2.47. The molecule has 0 amide bonds. The molecular weight excluding hydrogens is 375 g/mol. The molecule has 0 aliphatic carbocycles. The van der Waals surface area contributed by atoms with Crippen LogP contribution in [0.25, 0.3) is 0 Å². The zero-order valence-corrected chi connectivity index (χ0v) is 18.2. The Balaban J connectivity index is 1.38. The lowest BCUT2D eigenvalue weighted by atomic mass is 9.88. The predicted molar refractivity (Wildman–Crippen MR) is 121 cm³/mol. The molecule has 3 nitrogen and oxygen atoms in total. The number of rotatable bonds is 8. The topological polar surface area (TPSA) is 23.6 Å². The van der Waals surface area contributed by atoms with Crippen LogP contribution >= 0.6 is 0 Å². The van der Waals surface area contributed by atoms with E-state index < -0.39 is 0 Å². The van der Waals surface area contributed by atoms with Crippen LogP contribution in [-0.2, 0) is 17.6 Å². The zero-order chi connectivity index (χ0) is 21.1. The maximum Gasteiger partial charge on any atom is 0.149 e. The number of para-hydroxylation sites is 1. The van der Waals surface area contributed by atoms with E-state index in [2.05, 4.69) is 34.9 Å². The van der Waals surface area contributed by atoms with Crippen molar-refractivity contribution < 1.29 is 9.18 Å². The molecular formula is C26H33FN2O. The minimum atomic E-state index is -0.163. The lowest BCUT2D eigenvalue weighted by molar-refractivity contribution is -0.115. The first kappa shape index (κ1) is 21.0. The maximum absolute atomic E-state index is 13.0. The minimum Gasteiger partial charge on any atom is -0.360 e. The monoisotopic (exact) mass is 408 g/mol. The number of unbranched alkanes of at least 4 members (excludes halogenated alkanes) is 1. The first-order chi connectivity index (χ1) is 14.6. The molecule has 0 bridgehead atoms. The normalized spacial score (nSPS) is 20.8. The molecule has 1 saturated heterocycles. The van der Waals surface area contributed by atoms with Gasteiger partial charge in [-0.1, -0.05) is 37.3 Å². The molecule has 2 aromatic carbocycles. The average molecular weight is 409 g/mol. The van der Waals surface area contributed by atoms with E-state index in [0.717, 1.165) is 51.7 Å². The van der Waals surface area contributed by atoms with Crippen molar-refractivity contribution >= 4 is 11.5 Å². The fourth-order valence-corrected chi connectivity index (χ4v) is 5.35. The van der Waals surface area contributed by atoms with E-state index in [1.165, 1.54) is 22.4 Å². The van der Waals surface area contributed by atoms with Crippen molar-refractivity contribution in [3.63, 3.8) is 0 Å². The summed E-state index contributed by atoms with van der Waals surface area (Å²) in [4.78, 5) is 17.0. The molecule has 0 N–H and O–H groups in total. The third-order valence-corrected chi connectivity index (χ3v) is 6.78. The second-order valence-electron chi connectivity index (χ2n) is 8.89. The Bertz CT molecular complexity index is 879. The summed E-state index contributed by atoms with van der Waals surface area (Å²) in [7, 11) is 0. The van der Waals surface area contributed by atoms with E-state index in [9.17, 15) is 9.18 Å². The molecule has 0 aromatic heterocycles. The fourth-order valence-electron chi connectivity index (χ4n) is 5.35. The molecule has 2 heterocycles. The number of carbonyl (C=O) groups is 1. The van der Waals surface area contributed by atoms with Crippen LogP contribution in [0.15, 0.2) is 42.5 Å². The molecule has 1 fully saturated rings. The van der Waals surface area contributed by atoms with Crippen LogP contribution in [-0.4, -0.2) is 42.9 Å². The quantitative estimate of drug-likeness (QED) is 0.576. The number of anilines is 1. The van der Waals surface area contributed by atoms with E-state index in [-0.39, 0.29) is 11.6 Å². The number of hydrogen-bond acceptors (Lipinski definition) is 3. The van der Waals surface area contributed by atoms with Crippen LogP contribution in [0.4, 0.5) is 10.1 Å². The van der Waals surface area contributed by atoms with Crippen LogP contribution in [0, 0.1) is 5.82 Å². The highest BCUT2D eigenvalue weighted by atomic mass is 19.1. The second-order valence-corrected chi connectivity index (χ2v) is 8.89. The summed E-state index contributed by atoms with van der Waals surface area (Å²) < 4.78 is 13.0. The molecule has 2 atom stereocenters. The fraction of sp³-hybridized carbons (Fsp3) is 0.500. The molecule has 30 heavy (non-hydrogen) atoms. The summed E-state index contributed by atoms with van der Waals surface area (Å²) >= 11 is 0. The summed E-state index contributed by atoms with van der Waals surface area (Å²) in [6.45, 7) is 7.73. The Morgan fingerprint density at radius 2 is 1.93 bits per heavy atom. The standard InChI is InChI=1S/C26H33FN2O/c1-3-21-8-6-9-23-24-18-28(15-5-4-7-20-10-12-22(27)13-11-20)16-14-25(24)29(26(21)23)17-19(2)30/h6,8-13,24-25H,3-5,7,14-18H2,1-2H3. The molecule has 0 radical (unpaired) electrons. The van der Waals surface area contributed by atoms with Gasteiger partial charge in [-0.15, -0.1) is 0 Å². The van der Waals surface area contributed by atoms with Gasteiger partial charge in [0.2, 0.25) is 0 Å². The molecule has 2 aliphatic rings. The van der Waals surface area contributed by atoms with Gasteiger partial charge in [0.15, 0.2) is 0 Å². The molecule has 0 saturated carbocycles. The molecule has 4 rings (SSSR count). The number of ketones is 1. The number of hydrogen-bond donors (Lipinski definition) is 0. The number of likely N-dealkylation sites (tertiary alicyclic amines) is 1. The number of halogens is 1. The van der Waals surface area contributed by atoms with Crippen LogP contribution in [0.2, 0.25) is 0 Å². The SMILES string of the molecule is CCc1cccc2c1N(CC(C)=O)C1CCN(CCCCc3ccc(F)cc3)CC21. The Hall–Kier alpha value is -2.20. The predicted octanol–water partition coefficient (Wildman–Crippen LogP) is 4.98. The summed E-state index contributed by atoms with van der Waals surface area (Å²) in [6.07, 6.45) is 5.42. The number of nitrogens with zero attached hydrogens (tertiary/aromatic N) is 2. The summed E-state index contributed by atoms with van der Waals surface area (Å²) in [6, 6.07) is 14.0. The highest BCUT2D eigenvalue weighted by molar-refractivity contribution is 5.83. The van der Waals surface area contributed by atoms with Crippen molar-refractivity contribution in [2.45, 2.75) is 57.9 Å². The molecule has 2 aromatic rings. The van der Waals surface area contributed by atoms with Gasteiger partial charge >= 0.3 is 0 Å². The number of carbonyl (C=O) groups excluding carboxylic acids is 1. The Labute approximate surface area is 179 Å². The van der Waals surface area contributed by atoms with Gasteiger partial charge in [-0.25, -0.2) is 4.39 Å². The summed E-state index contributed by atoms with van der Waals surface area (Å²) in [5, 5.41) is 0. The number of Topliss-reactive ketones (excluding diaryl/α,β-unsaturated/α-hetero) is 1. The Morgan fingerprint density at radius 1 is 1.13 bits per heavy atom. The first-order valence-corrected chi connectivity index (χ1v) is 11.4. The van der Waals surface area contributed by atoms with Gasteiger partial charge in [-0.05, 0) is 74.4 Å². The van der Waals surface area contributed by atoms with Crippen LogP contribution in [0.5, 0.6) is 0 Å². The molecule has 2 aliphatic heterocycles. The van der Waals surface area contributed by atoms with Crippen molar-refractivity contribution in [2.24, 2.45) is 0 Å². The maximum atomic E-state index is 13.0. The molecule has 160 valence electrons. The van der Waals surface area contributed by atoms with Crippen LogP contribution in [0.1, 0.15) is 55.7 Å². The third kappa shape index (κ3) is 4.44. The largest absolute Gasteiger partial charge is 0.360 e. The summed E-state index contributed by atoms with van der Waals surface area (Å²) in [5.74, 6) is 0.580. The Kier molecular flexibility index (Phi) is 6.52. The molecule has 2 unspecified atom stereocenters. The van der Waals surface area contributed by atoms with Gasteiger partial charge in [0.05, 0.1) is 6.54 Å². The number of fused-ring (bicyclic) bond motifs is 3. The minimum absolute atomic E-state index is 0.163. The van der Waals surface area contributed by atoms with Gasteiger partial charge in [-0.3, -0.25) is 4.79 Å². The first-order valence-electron chi connectivity index (χ1n) is 11.4. The van der Waals surface area contributed by atoms with Crippen molar-refractivity contribution in [3.05, 3.63) is 65.0 Å². The van der Waals surface area contributed by atoms with Gasteiger partial charge < -0.3 is 9.80 Å². The van der Waals surface area contributed by atoms with E-state index in [1.54, 1.807) is 19.1 Å². The van der Waals surface area contributed by atoms with E-state index >= 15 is 0 Å². The van der Waals surface area contributed by atoms with Crippen molar-refractivity contribution in [1.82, 2.24) is 4.90 Å². The highest BCUT2D eigenvalue weighted by Gasteiger charge is 2.42. The van der Waals surface area contributed by atoms with Crippen LogP contribution in [0.3, 0.4) is 0 Å². The molecule has 4 heteroatoms. The van der Waals surface area contributed by atoms with E-state index in [1.807, 2.05) is 12.1 Å². The van der Waals surface area contributed by atoms with Gasteiger partial charge in [0, 0.05) is 30.7 Å². The van der Waals surface area contributed by atoms with E-state index in [4.69, 9.17) is 0 Å². The van der Waals surface area contributed by atoms with Crippen LogP contribution < -0.4 is 4.90 Å². The number of aryl methyl sites for hydroxylation is 2. The second kappa shape index (κ2) is 9.30. The smallest absolute Gasteiger partial charge is 0.149 e. The summed E-state index contributed by atoms with van der Waals surface area (Å²) in [5.41, 5.74) is 5.36. The zero-order valence-electron chi connectivity index (χ0n) is 18.2. The van der Waals surface area contributed by atoms with Gasteiger partial charge in [0.1, 0.15) is 11.6 Å². The van der Waals surface area contributed by atoms with E-state index in [0.29, 0.717) is 18.5 Å². The number of piperidine rings is 1. The Morgan fingerprint density at radius 3 is 2.67 bits per heavy atom. The lowest BCUT2D eigenvalue weighted by Gasteiger charge is -2.39. The van der Waals surface area contributed by atoms with Gasteiger partial charge in [0.25, 0.3) is 0 Å². The van der Waals surface area contributed by atoms with Crippen molar-refractivity contribution in [2.75, 3.05) is 31.1 Å². The third-order valence-electron chi connectivity index (χ3n) is 6.78. The highest BCUT2D eigenvalue weighted by Crippen LogP contribution is 2.46. The van der Waals surface area contributed by atoms with Crippen molar-refractivity contribution in [3.8, 4) is 0 Å². The van der Waals surface area contributed by atoms with Gasteiger partial charge in [-0.2, -0.15) is 0 Å². The number of benzene rings is 2. The molecule has 0 spiro atoms.